The van der Waals surface area contributed by atoms with Crippen LogP contribution < -0.4 is 10.4 Å². The fourth-order valence-electron chi connectivity index (χ4n) is 1.10. The summed E-state index contributed by atoms with van der Waals surface area (Å²) < 4.78 is 4.97. The van der Waals surface area contributed by atoms with Crippen molar-refractivity contribution in [3.05, 3.63) is 0 Å². The summed E-state index contributed by atoms with van der Waals surface area (Å²) >= 11 is 0. The Kier molecular flexibility index (Phi) is 5.27. The fraction of sp³-hybridized carbons (Fsp3) is 0.818. The number of carboxylic acids is 1. The van der Waals surface area contributed by atoms with Crippen molar-refractivity contribution in [1.29, 1.82) is 0 Å². The lowest BCUT2D eigenvalue weighted by molar-refractivity contribution is -0.309. The summed E-state index contributed by atoms with van der Waals surface area (Å²) in [5.41, 5.74) is -0.643. The lowest BCUT2D eigenvalue weighted by Gasteiger charge is -2.27. The molecule has 0 bridgehead atoms. The number of hydrogen-bond donors (Lipinski definition) is 1. The molecule has 5 nitrogen and oxygen atoms in total. The van der Waals surface area contributed by atoms with Gasteiger partial charge < -0.3 is 20.0 Å². The molecule has 0 aromatic heterocycles. The third-order valence-electron chi connectivity index (χ3n) is 2.14. The molecule has 2 atom stereocenters. The molecule has 0 radical (unpaired) electrons. The predicted molar refractivity (Wildman–Crippen MR) is 57.6 cm³/mol. The van der Waals surface area contributed by atoms with Crippen molar-refractivity contribution in [1.82, 2.24) is 5.32 Å². The Morgan fingerprint density at radius 3 is 2.19 bits per heavy atom. The Morgan fingerprint density at radius 2 is 1.88 bits per heavy atom. The smallest absolute Gasteiger partial charge is 0.408 e. The molecular formula is C11H20NO4-. The van der Waals surface area contributed by atoms with E-state index in [1.54, 1.807) is 27.7 Å². The molecular weight excluding hydrogens is 210 g/mol. The maximum atomic E-state index is 11.4. The summed E-state index contributed by atoms with van der Waals surface area (Å²) in [4.78, 5) is 22.2. The fourth-order valence-corrected chi connectivity index (χ4v) is 1.10. The average Bonchev–Trinajstić information content (AvgIpc) is 2.09. The SMILES string of the molecule is CC[C@@H](C)[C@@H](NC(=O)OC(C)(C)C)C(=O)[O-]. The summed E-state index contributed by atoms with van der Waals surface area (Å²) in [5, 5.41) is 13.1. The van der Waals surface area contributed by atoms with Gasteiger partial charge >= 0.3 is 6.09 Å². The normalized spacial score (nSPS) is 15.1. The quantitative estimate of drug-likeness (QED) is 0.770. The summed E-state index contributed by atoms with van der Waals surface area (Å²) in [6, 6.07) is -1.01. The molecule has 94 valence electrons. The van der Waals surface area contributed by atoms with Gasteiger partial charge in [0.25, 0.3) is 0 Å². The molecule has 0 saturated carbocycles. The second kappa shape index (κ2) is 5.72. The van der Waals surface area contributed by atoms with Gasteiger partial charge in [0.2, 0.25) is 0 Å². The number of aliphatic carboxylic acids is 1. The van der Waals surface area contributed by atoms with Gasteiger partial charge in [0, 0.05) is 0 Å². The minimum atomic E-state index is -1.29. The Bertz CT molecular complexity index is 257. The highest BCUT2D eigenvalue weighted by molar-refractivity contribution is 5.78. The lowest BCUT2D eigenvalue weighted by atomic mass is 10.00. The summed E-state index contributed by atoms with van der Waals surface area (Å²) in [6.45, 7) is 8.72. The van der Waals surface area contributed by atoms with Crippen LogP contribution in [0.2, 0.25) is 0 Å². The molecule has 0 aliphatic heterocycles. The van der Waals surface area contributed by atoms with Crippen molar-refractivity contribution in [2.75, 3.05) is 0 Å². The molecule has 16 heavy (non-hydrogen) atoms. The van der Waals surface area contributed by atoms with E-state index in [2.05, 4.69) is 5.32 Å². The molecule has 5 heteroatoms. The zero-order valence-corrected chi connectivity index (χ0v) is 10.5. The molecule has 0 heterocycles. The second-order valence-corrected chi connectivity index (χ2v) is 4.83. The number of carboxylic acid groups (broad SMARTS) is 1. The van der Waals surface area contributed by atoms with Gasteiger partial charge in [-0.3, -0.25) is 0 Å². The summed E-state index contributed by atoms with van der Waals surface area (Å²) in [5.74, 6) is -1.49. The van der Waals surface area contributed by atoms with E-state index in [1.807, 2.05) is 6.92 Å². The third-order valence-corrected chi connectivity index (χ3v) is 2.14. The van der Waals surface area contributed by atoms with Crippen LogP contribution >= 0.6 is 0 Å². The van der Waals surface area contributed by atoms with E-state index in [4.69, 9.17) is 4.74 Å². The number of amides is 1. The second-order valence-electron chi connectivity index (χ2n) is 4.83. The Balaban J connectivity index is 4.42. The number of nitrogens with one attached hydrogen (secondary N) is 1. The number of carbonyl (C=O) groups is 2. The molecule has 0 aromatic rings. The highest BCUT2D eigenvalue weighted by atomic mass is 16.6. The molecule has 0 rings (SSSR count). The Labute approximate surface area is 96.2 Å². The van der Waals surface area contributed by atoms with Crippen molar-refractivity contribution in [3.8, 4) is 0 Å². The van der Waals surface area contributed by atoms with Gasteiger partial charge in [0.15, 0.2) is 0 Å². The van der Waals surface area contributed by atoms with Crippen LogP contribution in [0.25, 0.3) is 0 Å². The highest BCUT2D eigenvalue weighted by Gasteiger charge is 2.23. The zero-order valence-electron chi connectivity index (χ0n) is 10.5. The monoisotopic (exact) mass is 230 g/mol. The molecule has 0 aromatic carbocycles. The number of carbonyl (C=O) groups excluding carboxylic acids is 2. The van der Waals surface area contributed by atoms with E-state index in [9.17, 15) is 14.7 Å². The summed E-state index contributed by atoms with van der Waals surface area (Å²) in [7, 11) is 0. The first kappa shape index (κ1) is 14.7. The van der Waals surface area contributed by atoms with Crippen LogP contribution in [-0.4, -0.2) is 23.7 Å². The third kappa shape index (κ3) is 5.58. The van der Waals surface area contributed by atoms with E-state index in [1.165, 1.54) is 0 Å². The van der Waals surface area contributed by atoms with Crippen LogP contribution in [-0.2, 0) is 9.53 Å². The van der Waals surface area contributed by atoms with Crippen LogP contribution in [0.3, 0.4) is 0 Å². The number of hydrogen-bond acceptors (Lipinski definition) is 4. The Morgan fingerprint density at radius 1 is 1.38 bits per heavy atom. The molecule has 0 fully saturated rings. The van der Waals surface area contributed by atoms with Gasteiger partial charge in [-0.25, -0.2) is 4.79 Å². The van der Waals surface area contributed by atoms with E-state index >= 15 is 0 Å². The standard InChI is InChI=1S/C11H21NO4/c1-6-7(2)8(9(13)14)12-10(15)16-11(3,4)5/h7-8H,6H2,1-5H3,(H,12,15)(H,13,14)/p-1/t7-,8-/m1/s1. The van der Waals surface area contributed by atoms with Crippen LogP contribution in [0.5, 0.6) is 0 Å². The molecule has 1 N–H and O–H groups in total. The number of ether oxygens (including phenoxy) is 1. The first-order chi connectivity index (χ1) is 7.17. The van der Waals surface area contributed by atoms with E-state index < -0.39 is 23.7 Å². The minimum Gasteiger partial charge on any atom is -0.548 e. The van der Waals surface area contributed by atoms with Gasteiger partial charge in [-0.05, 0) is 26.7 Å². The Hall–Kier alpha value is -1.26. The van der Waals surface area contributed by atoms with Crippen molar-refractivity contribution < 1.29 is 19.4 Å². The van der Waals surface area contributed by atoms with E-state index in [0.29, 0.717) is 6.42 Å². The van der Waals surface area contributed by atoms with Crippen LogP contribution in [0.15, 0.2) is 0 Å². The number of rotatable bonds is 4. The van der Waals surface area contributed by atoms with Crippen LogP contribution in [0.1, 0.15) is 41.0 Å². The van der Waals surface area contributed by atoms with Crippen molar-refractivity contribution in [2.24, 2.45) is 5.92 Å². The van der Waals surface area contributed by atoms with Crippen molar-refractivity contribution in [3.63, 3.8) is 0 Å². The zero-order chi connectivity index (χ0) is 12.9. The predicted octanol–water partition coefficient (Wildman–Crippen LogP) is 0.676. The molecule has 0 saturated heterocycles. The molecule has 0 unspecified atom stereocenters. The summed E-state index contributed by atoms with van der Waals surface area (Å²) in [6.07, 6.45) is -0.101. The van der Waals surface area contributed by atoms with Gasteiger partial charge in [0.1, 0.15) is 5.60 Å². The van der Waals surface area contributed by atoms with Gasteiger partial charge in [-0.1, -0.05) is 20.3 Å². The first-order valence-electron chi connectivity index (χ1n) is 5.37. The molecule has 1 amide bonds. The molecule has 0 aliphatic carbocycles. The van der Waals surface area contributed by atoms with E-state index in [-0.39, 0.29) is 5.92 Å². The largest absolute Gasteiger partial charge is 0.548 e. The van der Waals surface area contributed by atoms with Gasteiger partial charge in [-0.2, -0.15) is 0 Å². The van der Waals surface area contributed by atoms with Gasteiger partial charge in [-0.15, -0.1) is 0 Å². The van der Waals surface area contributed by atoms with Crippen molar-refractivity contribution in [2.45, 2.75) is 52.7 Å². The van der Waals surface area contributed by atoms with Crippen LogP contribution in [0, 0.1) is 5.92 Å². The minimum absolute atomic E-state index is 0.197. The van der Waals surface area contributed by atoms with Crippen LogP contribution in [0.4, 0.5) is 4.79 Å². The van der Waals surface area contributed by atoms with E-state index in [0.717, 1.165) is 0 Å². The molecule has 0 spiro atoms. The highest BCUT2D eigenvalue weighted by Crippen LogP contribution is 2.10. The number of alkyl carbamates (subject to hydrolysis) is 1. The van der Waals surface area contributed by atoms with Gasteiger partial charge in [0.05, 0.1) is 12.0 Å². The maximum Gasteiger partial charge on any atom is 0.408 e. The maximum absolute atomic E-state index is 11.4. The molecule has 0 aliphatic rings. The lowest BCUT2D eigenvalue weighted by Crippen LogP contribution is -2.52. The first-order valence-corrected chi connectivity index (χ1v) is 5.37. The average molecular weight is 230 g/mol. The topological polar surface area (TPSA) is 78.5 Å². The van der Waals surface area contributed by atoms with Crippen molar-refractivity contribution >= 4 is 12.1 Å².